The van der Waals surface area contributed by atoms with E-state index in [1.165, 1.54) is 11.8 Å². The SMILES string of the molecule is C[C@H](N)C(=O)OCC1CCN(CC(F)(F)F)CC1.Cl. The molecule has 0 unspecified atom stereocenters. The minimum atomic E-state index is -4.14. The molecule has 0 aromatic heterocycles. The summed E-state index contributed by atoms with van der Waals surface area (Å²) in [5, 5.41) is 0. The minimum absolute atomic E-state index is 0. The van der Waals surface area contributed by atoms with Crippen molar-refractivity contribution in [3.63, 3.8) is 0 Å². The van der Waals surface area contributed by atoms with Crippen molar-refractivity contribution in [3.8, 4) is 0 Å². The molecule has 1 fully saturated rings. The van der Waals surface area contributed by atoms with Gasteiger partial charge < -0.3 is 10.5 Å². The Bertz CT molecular complexity index is 280. The normalized spacial score (nSPS) is 19.6. The molecule has 1 atom stereocenters. The van der Waals surface area contributed by atoms with Crippen molar-refractivity contribution < 1.29 is 22.7 Å². The Balaban J connectivity index is 0.00000324. The van der Waals surface area contributed by atoms with Gasteiger partial charge in [-0.1, -0.05) is 0 Å². The van der Waals surface area contributed by atoms with Crippen LogP contribution in [0.15, 0.2) is 0 Å². The molecule has 0 spiro atoms. The molecule has 0 bridgehead atoms. The number of nitrogens with zero attached hydrogens (tertiary/aromatic N) is 1. The lowest BCUT2D eigenvalue weighted by Gasteiger charge is -2.32. The van der Waals surface area contributed by atoms with Gasteiger partial charge in [-0.15, -0.1) is 12.4 Å². The fraction of sp³-hybridized carbons (Fsp3) is 0.909. The summed E-state index contributed by atoms with van der Waals surface area (Å²) < 4.78 is 41.4. The second kappa shape index (κ2) is 7.91. The maximum Gasteiger partial charge on any atom is 0.401 e. The number of esters is 1. The van der Waals surface area contributed by atoms with Gasteiger partial charge in [-0.05, 0) is 38.8 Å². The van der Waals surface area contributed by atoms with E-state index >= 15 is 0 Å². The number of piperidine rings is 1. The highest BCUT2D eigenvalue weighted by molar-refractivity contribution is 5.85. The van der Waals surface area contributed by atoms with Gasteiger partial charge in [0.1, 0.15) is 6.04 Å². The summed E-state index contributed by atoms with van der Waals surface area (Å²) in [5.74, 6) is -0.329. The monoisotopic (exact) mass is 304 g/mol. The molecule has 1 rings (SSSR count). The summed E-state index contributed by atoms with van der Waals surface area (Å²) in [6.45, 7) is 1.70. The quantitative estimate of drug-likeness (QED) is 0.801. The smallest absolute Gasteiger partial charge is 0.401 e. The van der Waals surface area contributed by atoms with Gasteiger partial charge >= 0.3 is 12.1 Å². The Labute approximate surface area is 116 Å². The number of likely N-dealkylation sites (tertiary alicyclic amines) is 1. The maximum atomic E-state index is 12.2. The summed E-state index contributed by atoms with van der Waals surface area (Å²) >= 11 is 0. The summed E-state index contributed by atoms with van der Waals surface area (Å²) in [6.07, 6.45) is -2.92. The van der Waals surface area contributed by atoms with Crippen LogP contribution in [0.25, 0.3) is 0 Å². The van der Waals surface area contributed by atoms with Crippen molar-refractivity contribution in [2.24, 2.45) is 11.7 Å². The predicted octanol–water partition coefficient (Wildman–Crippen LogP) is 1.57. The predicted molar refractivity (Wildman–Crippen MR) is 67.1 cm³/mol. The number of nitrogens with two attached hydrogens (primary N) is 1. The van der Waals surface area contributed by atoms with Crippen LogP contribution in [0.2, 0.25) is 0 Å². The molecule has 4 nitrogen and oxygen atoms in total. The topological polar surface area (TPSA) is 55.6 Å². The molecule has 1 aliphatic heterocycles. The van der Waals surface area contributed by atoms with Crippen molar-refractivity contribution in [1.82, 2.24) is 4.90 Å². The molecule has 0 aliphatic carbocycles. The summed E-state index contributed by atoms with van der Waals surface area (Å²) in [4.78, 5) is 12.5. The Hall–Kier alpha value is -0.530. The van der Waals surface area contributed by atoms with Crippen molar-refractivity contribution in [3.05, 3.63) is 0 Å². The zero-order valence-electron chi connectivity index (χ0n) is 10.8. The van der Waals surface area contributed by atoms with E-state index in [-0.39, 0.29) is 24.9 Å². The highest BCUT2D eigenvalue weighted by atomic mass is 35.5. The van der Waals surface area contributed by atoms with E-state index in [2.05, 4.69) is 0 Å². The lowest BCUT2D eigenvalue weighted by Crippen LogP contribution is -2.41. The van der Waals surface area contributed by atoms with Crippen LogP contribution >= 0.6 is 12.4 Å². The number of carbonyl (C=O) groups is 1. The van der Waals surface area contributed by atoms with Gasteiger partial charge in [-0.3, -0.25) is 9.69 Å². The molecule has 1 saturated heterocycles. The van der Waals surface area contributed by atoms with Crippen LogP contribution in [0, 0.1) is 5.92 Å². The van der Waals surface area contributed by atoms with Crippen LogP contribution in [0.5, 0.6) is 0 Å². The van der Waals surface area contributed by atoms with E-state index in [1.54, 1.807) is 0 Å². The third-order valence-electron chi connectivity index (χ3n) is 2.94. The highest BCUT2D eigenvalue weighted by Gasteiger charge is 2.32. The number of hydrogen-bond donors (Lipinski definition) is 1. The largest absolute Gasteiger partial charge is 0.464 e. The number of alkyl halides is 3. The number of hydrogen-bond acceptors (Lipinski definition) is 4. The Kier molecular flexibility index (Phi) is 7.69. The first kappa shape index (κ1) is 18.5. The first-order valence-corrected chi connectivity index (χ1v) is 5.99. The van der Waals surface area contributed by atoms with Gasteiger partial charge in [0.05, 0.1) is 13.2 Å². The minimum Gasteiger partial charge on any atom is -0.464 e. The average Bonchev–Trinajstić information content (AvgIpc) is 2.25. The molecular formula is C11H20ClF3N2O2. The van der Waals surface area contributed by atoms with E-state index in [4.69, 9.17) is 10.5 Å². The van der Waals surface area contributed by atoms with E-state index in [0.717, 1.165) is 0 Å². The number of halogens is 4. The zero-order valence-corrected chi connectivity index (χ0v) is 11.6. The molecule has 0 aromatic rings. The van der Waals surface area contributed by atoms with Crippen molar-refractivity contribution in [1.29, 1.82) is 0 Å². The first-order valence-electron chi connectivity index (χ1n) is 5.99. The summed E-state index contributed by atoms with van der Waals surface area (Å²) in [5.41, 5.74) is 5.34. The third kappa shape index (κ3) is 7.59. The maximum absolute atomic E-state index is 12.2. The lowest BCUT2D eigenvalue weighted by atomic mass is 9.98. The number of ether oxygens (including phenoxy) is 1. The molecule has 0 saturated carbocycles. The van der Waals surface area contributed by atoms with Crippen LogP contribution in [-0.2, 0) is 9.53 Å². The second-order valence-corrected chi connectivity index (χ2v) is 4.75. The van der Waals surface area contributed by atoms with Crippen molar-refractivity contribution >= 4 is 18.4 Å². The van der Waals surface area contributed by atoms with Gasteiger partial charge in [0.25, 0.3) is 0 Å². The first-order chi connectivity index (χ1) is 8.28. The fourth-order valence-electron chi connectivity index (χ4n) is 1.90. The number of rotatable bonds is 4. The average molecular weight is 305 g/mol. The summed E-state index contributed by atoms with van der Waals surface area (Å²) in [7, 11) is 0. The molecule has 1 aliphatic rings. The lowest BCUT2D eigenvalue weighted by molar-refractivity contribution is -0.151. The summed E-state index contributed by atoms with van der Waals surface area (Å²) in [6, 6.07) is -0.657. The molecular weight excluding hydrogens is 285 g/mol. The van der Waals surface area contributed by atoms with Gasteiger partial charge in [0, 0.05) is 0 Å². The zero-order chi connectivity index (χ0) is 13.8. The second-order valence-electron chi connectivity index (χ2n) is 4.75. The van der Waals surface area contributed by atoms with Crippen molar-refractivity contribution in [2.75, 3.05) is 26.2 Å². The standard InChI is InChI=1S/C11H19F3N2O2.ClH/c1-8(15)10(17)18-6-9-2-4-16(5-3-9)7-11(12,13)14;/h8-9H,2-7,15H2,1H3;1H/t8-;/m0./s1. The molecule has 0 amide bonds. The molecule has 0 radical (unpaired) electrons. The fourth-order valence-corrected chi connectivity index (χ4v) is 1.90. The molecule has 0 aromatic carbocycles. The van der Waals surface area contributed by atoms with Gasteiger partial charge in [-0.25, -0.2) is 0 Å². The molecule has 8 heteroatoms. The Morgan fingerprint density at radius 2 is 1.95 bits per heavy atom. The van der Waals surface area contributed by atoms with Crippen LogP contribution in [-0.4, -0.2) is 49.3 Å². The van der Waals surface area contributed by atoms with E-state index in [9.17, 15) is 18.0 Å². The van der Waals surface area contributed by atoms with Crippen LogP contribution in [0.1, 0.15) is 19.8 Å². The molecule has 2 N–H and O–H groups in total. The molecule has 114 valence electrons. The Morgan fingerprint density at radius 3 is 2.37 bits per heavy atom. The van der Waals surface area contributed by atoms with E-state index in [1.807, 2.05) is 0 Å². The molecule has 1 heterocycles. The van der Waals surface area contributed by atoms with Crippen molar-refractivity contribution in [2.45, 2.75) is 32.0 Å². The van der Waals surface area contributed by atoms with Gasteiger partial charge in [0.15, 0.2) is 0 Å². The Morgan fingerprint density at radius 1 is 1.42 bits per heavy atom. The van der Waals surface area contributed by atoms with Gasteiger partial charge in [-0.2, -0.15) is 13.2 Å². The number of carbonyl (C=O) groups excluding carboxylic acids is 1. The van der Waals surface area contributed by atoms with E-state index in [0.29, 0.717) is 25.9 Å². The third-order valence-corrected chi connectivity index (χ3v) is 2.94. The van der Waals surface area contributed by atoms with Gasteiger partial charge in [0.2, 0.25) is 0 Å². The van der Waals surface area contributed by atoms with Crippen LogP contribution in [0.3, 0.4) is 0 Å². The van der Waals surface area contributed by atoms with Crippen LogP contribution in [0.4, 0.5) is 13.2 Å². The van der Waals surface area contributed by atoms with Crippen LogP contribution < -0.4 is 5.73 Å². The highest BCUT2D eigenvalue weighted by Crippen LogP contribution is 2.22. The van der Waals surface area contributed by atoms with E-state index < -0.39 is 24.7 Å². The molecule has 19 heavy (non-hydrogen) atoms.